The SMILES string of the molecule is COC(=O)CCCOCC(C)(C)N. The van der Waals surface area contributed by atoms with E-state index in [2.05, 4.69) is 4.74 Å². The van der Waals surface area contributed by atoms with E-state index in [1.165, 1.54) is 7.11 Å². The Bertz CT molecular complexity index is 151. The van der Waals surface area contributed by atoms with Gasteiger partial charge in [-0.3, -0.25) is 4.79 Å². The van der Waals surface area contributed by atoms with Crippen molar-refractivity contribution < 1.29 is 14.3 Å². The molecule has 2 N–H and O–H groups in total. The molecule has 0 aromatic rings. The lowest BCUT2D eigenvalue weighted by molar-refractivity contribution is -0.141. The molecule has 0 heterocycles. The van der Waals surface area contributed by atoms with E-state index in [0.717, 1.165) is 0 Å². The summed E-state index contributed by atoms with van der Waals surface area (Å²) >= 11 is 0. The molecule has 0 saturated carbocycles. The summed E-state index contributed by atoms with van der Waals surface area (Å²) < 4.78 is 9.74. The summed E-state index contributed by atoms with van der Waals surface area (Å²) in [5, 5.41) is 0. The zero-order valence-corrected chi connectivity index (χ0v) is 8.63. The van der Waals surface area contributed by atoms with E-state index in [0.29, 0.717) is 26.1 Å². The molecule has 0 aromatic carbocycles. The fourth-order valence-corrected chi connectivity index (χ4v) is 0.756. The van der Waals surface area contributed by atoms with Crippen molar-refractivity contribution >= 4 is 5.97 Å². The highest BCUT2D eigenvalue weighted by molar-refractivity contribution is 5.68. The summed E-state index contributed by atoms with van der Waals surface area (Å²) in [5.41, 5.74) is 5.39. The van der Waals surface area contributed by atoms with Crippen LogP contribution in [0, 0.1) is 0 Å². The molecule has 0 aliphatic carbocycles. The minimum atomic E-state index is -0.300. The normalized spacial score (nSPS) is 11.4. The van der Waals surface area contributed by atoms with Crippen molar-refractivity contribution in [1.82, 2.24) is 0 Å². The first-order chi connectivity index (χ1) is 5.95. The second-order valence-electron chi connectivity index (χ2n) is 3.72. The van der Waals surface area contributed by atoms with Gasteiger partial charge >= 0.3 is 5.97 Å². The molecule has 0 aliphatic rings. The maximum absolute atomic E-state index is 10.7. The van der Waals surface area contributed by atoms with Gasteiger partial charge in [-0.2, -0.15) is 0 Å². The Labute approximate surface area is 79.4 Å². The number of ether oxygens (including phenoxy) is 2. The molecule has 0 radical (unpaired) electrons. The van der Waals surface area contributed by atoms with E-state index in [1.54, 1.807) is 0 Å². The maximum atomic E-state index is 10.7. The van der Waals surface area contributed by atoms with Crippen LogP contribution in [0.1, 0.15) is 26.7 Å². The van der Waals surface area contributed by atoms with E-state index in [1.807, 2.05) is 13.8 Å². The van der Waals surface area contributed by atoms with E-state index in [9.17, 15) is 4.79 Å². The second kappa shape index (κ2) is 5.94. The van der Waals surface area contributed by atoms with Gasteiger partial charge in [-0.05, 0) is 20.3 Å². The lowest BCUT2D eigenvalue weighted by Crippen LogP contribution is -2.37. The Kier molecular flexibility index (Phi) is 5.66. The van der Waals surface area contributed by atoms with Crippen LogP contribution in [0.15, 0.2) is 0 Å². The number of hydrogen-bond donors (Lipinski definition) is 1. The van der Waals surface area contributed by atoms with Crippen LogP contribution in [0.3, 0.4) is 0 Å². The molecule has 0 aliphatic heterocycles. The van der Waals surface area contributed by atoms with Crippen molar-refractivity contribution in [2.45, 2.75) is 32.2 Å². The van der Waals surface area contributed by atoms with Crippen molar-refractivity contribution in [3.63, 3.8) is 0 Å². The third kappa shape index (κ3) is 9.30. The molecule has 0 fully saturated rings. The second-order valence-corrected chi connectivity index (χ2v) is 3.72. The Hall–Kier alpha value is -0.610. The summed E-state index contributed by atoms with van der Waals surface area (Å²) in [4.78, 5) is 10.7. The number of rotatable bonds is 6. The van der Waals surface area contributed by atoms with Crippen molar-refractivity contribution in [2.75, 3.05) is 20.3 Å². The number of carbonyl (C=O) groups excluding carboxylic acids is 1. The average molecular weight is 189 g/mol. The van der Waals surface area contributed by atoms with Gasteiger partial charge in [0.05, 0.1) is 13.7 Å². The quantitative estimate of drug-likeness (QED) is 0.493. The smallest absolute Gasteiger partial charge is 0.305 e. The van der Waals surface area contributed by atoms with Crippen LogP contribution >= 0.6 is 0 Å². The minimum Gasteiger partial charge on any atom is -0.469 e. The predicted octanol–water partition coefficient (Wildman–Crippen LogP) is 0.693. The van der Waals surface area contributed by atoms with Gasteiger partial charge in [-0.15, -0.1) is 0 Å². The van der Waals surface area contributed by atoms with Gasteiger partial charge in [-0.1, -0.05) is 0 Å². The van der Waals surface area contributed by atoms with Crippen molar-refractivity contribution in [1.29, 1.82) is 0 Å². The molecule has 0 spiro atoms. The first-order valence-corrected chi connectivity index (χ1v) is 4.39. The van der Waals surface area contributed by atoms with Gasteiger partial charge in [0, 0.05) is 18.6 Å². The average Bonchev–Trinajstić information content (AvgIpc) is 2.01. The Morgan fingerprint density at radius 3 is 2.54 bits per heavy atom. The summed E-state index contributed by atoms with van der Waals surface area (Å²) in [6.45, 7) is 4.85. The van der Waals surface area contributed by atoms with E-state index in [4.69, 9.17) is 10.5 Å². The highest BCUT2D eigenvalue weighted by Crippen LogP contribution is 1.99. The predicted molar refractivity (Wildman–Crippen MR) is 50.3 cm³/mol. The van der Waals surface area contributed by atoms with E-state index < -0.39 is 0 Å². The number of esters is 1. The van der Waals surface area contributed by atoms with Crippen molar-refractivity contribution in [2.24, 2.45) is 5.73 Å². The van der Waals surface area contributed by atoms with Crippen LogP contribution in [0.5, 0.6) is 0 Å². The van der Waals surface area contributed by atoms with E-state index in [-0.39, 0.29) is 11.5 Å². The van der Waals surface area contributed by atoms with Crippen LogP contribution in [-0.2, 0) is 14.3 Å². The molecule has 4 heteroatoms. The molecular weight excluding hydrogens is 170 g/mol. The summed E-state index contributed by atoms with van der Waals surface area (Å²) in [6.07, 6.45) is 1.09. The Morgan fingerprint density at radius 2 is 2.08 bits per heavy atom. The Balaban J connectivity index is 3.22. The topological polar surface area (TPSA) is 61.5 Å². The number of methoxy groups -OCH3 is 1. The molecule has 0 rings (SSSR count). The molecule has 0 saturated heterocycles. The monoisotopic (exact) mass is 189 g/mol. The zero-order chi connectivity index (χ0) is 10.3. The van der Waals surface area contributed by atoms with Crippen molar-refractivity contribution in [3.8, 4) is 0 Å². The highest BCUT2D eigenvalue weighted by Gasteiger charge is 2.10. The van der Waals surface area contributed by atoms with Crippen molar-refractivity contribution in [3.05, 3.63) is 0 Å². The standard InChI is InChI=1S/C9H19NO3/c1-9(2,10)7-13-6-4-5-8(11)12-3/h4-7,10H2,1-3H3. The summed E-state index contributed by atoms with van der Waals surface area (Å²) in [5.74, 6) is -0.199. The van der Waals surface area contributed by atoms with Gasteiger partial charge in [-0.25, -0.2) is 0 Å². The van der Waals surface area contributed by atoms with Gasteiger partial charge in [0.15, 0.2) is 0 Å². The third-order valence-corrected chi connectivity index (χ3v) is 1.37. The van der Waals surface area contributed by atoms with E-state index >= 15 is 0 Å². The van der Waals surface area contributed by atoms with Crippen LogP contribution in [0.2, 0.25) is 0 Å². The van der Waals surface area contributed by atoms with Gasteiger partial charge in [0.1, 0.15) is 0 Å². The molecular formula is C9H19NO3. The minimum absolute atomic E-state index is 0.199. The summed E-state index contributed by atoms with van der Waals surface area (Å²) in [7, 11) is 1.38. The number of carbonyl (C=O) groups is 1. The van der Waals surface area contributed by atoms with Crippen LogP contribution in [0.25, 0.3) is 0 Å². The molecule has 0 atom stereocenters. The first-order valence-electron chi connectivity index (χ1n) is 4.39. The zero-order valence-electron chi connectivity index (χ0n) is 8.63. The van der Waals surface area contributed by atoms with Gasteiger partial charge in [0.25, 0.3) is 0 Å². The molecule has 0 unspecified atom stereocenters. The van der Waals surface area contributed by atoms with Gasteiger partial charge < -0.3 is 15.2 Å². The number of hydrogen-bond acceptors (Lipinski definition) is 4. The molecule has 0 amide bonds. The lowest BCUT2D eigenvalue weighted by Gasteiger charge is -2.17. The maximum Gasteiger partial charge on any atom is 0.305 e. The molecule has 13 heavy (non-hydrogen) atoms. The molecule has 0 aromatic heterocycles. The molecule has 4 nitrogen and oxygen atoms in total. The van der Waals surface area contributed by atoms with Gasteiger partial charge in [0.2, 0.25) is 0 Å². The largest absolute Gasteiger partial charge is 0.469 e. The fraction of sp³-hybridized carbons (Fsp3) is 0.889. The lowest BCUT2D eigenvalue weighted by atomic mass is 10.1. The first kappa shape index (κ1) is 12.4. The summed E-state index contributed by atoms with van der Waals surface area (Å²) in [6, 6.07) is 0. The van der Waals surface area contributed by atoms with Crippen LogP contribution < -0.4 is 5.73 Å². The van der Waals surface area contributed by atoms with Crippen LogP contribution in [0.4, 0.5) is 0 Å². The third-order valence-electron chi connectivity index (χ3n) is 1.37. The van der Waals surface area contributed by atoms with Crippen LogP contribution in [-0.4, -0.2) is 31.8 Å². The Morgan fingerprint density at radius 1 is 1.46 bits per heavy atom. The fourth-order valence-electron chi connectivity index (χ4n) is 0.756. The number of nitrogens with two attached hydrogens (primary N) is 1. The molecule has 78 valence electrons. The molecule has 0 bridgehead atoms. The highest BCUT2D eigenvalue weighted by atomic mass is 16.5.